The Morgan fingerprint density at radius 1 is 0.911 bits per heavy atom. The number of fused-ring (bicyclic) bond motifs is 1. The van der Waals surface area contributed by atoms with Gasteiger partial charge in [-0.1, -0.05) is 20.8 Å². The molecule has 0 spiro atoms. The number of aromatic nitrogens is 1. The smallest absolute Gasteiger partial charge is 0.341 e. The zero-order chi connectivity index (χ0) is 58.9. The zero-order valence-corrected chi connectivity index (χ0v) is 49.3. The molecule has 6 N–H and O–H groups in total. The molecule has 4 heterocycles. The van der Waals surface area contributed by atoms with Crippen molar-refractivity contribution in [3.05, 3.63) is 40.2 Å². The summed E-state index contributed by atoms with van der Waals surface area (Å²) in [5, 5.41) is 61.1. The Morgan fingerprint density at radius 3 is 2.20 bits per heavy atom. The number of aromatic carboxylic acids is 1. The lowest BCUT2D eigenvalue weighted by atomic mass is 9.77. The molecule has 3 saturated heterocycles. The molecule has 3 aliphatic heterocycles. The first-order valence-corrected chi connectivity index (χ1v) is 28.1. The number of nitrogens with one attached hydrogen (secondary N) is 1. The van der Waals surface area contributed by atoms with Crippen molar-refractivity contribution in [1.29, 1.82) is 0 Å². The average Bonchev–Trinajstić information content (AvgIpc) is 3.40. The van der Waals surface area contributed by atoms with E-state index in [4.69, 9.17) is 42.6 Å². The van der Waals surface area contributed by atoms with Crippen molar-refractivity contribution in [2.24, 2.45) is 17.8 Å². The number of aryl methyl sites for hydroxylation is 1. The van der Waals surface area contributed by atoms with Crippen LogP contribution in [-0.4, -0.2) is 216 Å². The van der Waals surface area contributed by atoms with Gasteiger partial charge in [0.1, 0.15) is 35.1 Å². The first-order valence-electron chi connectivity index (χ1n) is 28.1. The molecule has 450 valence electrons. The number of carboxylic acid groups (broad SMARTS) is 1. The lowest BCUT2D eigenvalue weighted by Crippen LogP contribution is -2.61. The number of esters is 2. The first-order chi connectivity index (χ1) is 37.0. The van der Waals surface area contributed by atoms with Crippen LogP contribution in [-0.2, 0) is 58.8 Å². The van der Waals surface area contributed by atoms with E-state index in [9.17, 15) is 44.7 Å². The second kappa shape index (κ2) is 28.4. The topological polar surface area (TPSA) is 276 Å². The molecule has 0 bridgehead atoms. The van der Waals surface area contributed by atoms with Crippen LogP contribution >= 0.6 is 0 Å². The number of pyridine rings is 1. The maximum Gasteiger partial charge on any atom is 0.341 e. The highest BCUT2D eigenvalue weighted by Crippen LogP contribution is 2.41. The third-order valence-electron chi connectivity index (χ3n) is 16.5. The van der Waals surface area contributed by atoms with Crippen LogP contribution in [0.3, 0.4) is 0 Å². The van der Waals surface area contributed by atoms with Crippen LogP contribution in [0, 0.1) is 17.8 Å². The number of carboxylic acids is 1. The van der Waals surface area contributed by atoms with Gasteiger partial charge in [0.15, 0.2) is 18.7 Å². The fourth-order valence-corrected chi connectivity index (χ4v) is 11.8. The number of ether oxygens (including phenoxy) is 9. The maximum absolute atomic E-state index is 14.6. The fourth-order valence-electron chi connectivity index (χ4n) is 11.8. The first kappa shape index (κ1) is 65.9. The van der Waals surface area contributed by atoms with Crippen molar-refractivity contribution in [3.63, 3.8) is 0 Å². The molecule has 79 heavy (non-hydrogen) atoms. The lowest BCUT2D eigenvalue weighted by molar-refractivity contribution is -0.318. The van der Waals surface area contributed by atoms with Gasteiger partial charge in [0, 0.05) is 68.4 Å². The quantitative estimate of drug-likeness (QED) is 0.0807. The number of nitrogens with zero attached hydrogens (tertiary/aromatic N) is 3. The maximum atomic E-state index is 14.6. The monoisotopic (exact) mass is 1120 g/mol. The molecule has 1 aromatic carbocycles. The van der Waals surface area contributed by atoms with Crippen molar-refractivity contribution < 1.29 is 82.5 Å². The molecular formula is C57H94N4O18. The van der Waals surface area contributed by atoms with Gasteiger partial charge in [-0.2, -0.15) is 0 Å². The number of hydrogen-bond donors (Lipinski definition) is 6. The van der Waals surface area contributed by atoms with Crippen molar-refractivity contribution in [2.75, 3.05) is 73.1 Å². The third-order valence-corrected chi connectivity index (χ3v) is 16.5. The summed E-state index contributed by atoms with van der Waals surface area (Å²) in [6.45, 7) is 21.4. The number of carbonyl (C=O) groups is 3. The van der Waals surface area contributed by atoms with Gasteiger partial charge in [-0.3, -0.25) is 14.4 Å². The standard InChI is InChI=1S/C57H94N4O18/c1-16-43-57(11,70)49(65)36(7)60(14)30-32(3)28-55(9,69)50(79-54-47(64)42(59(12)13)26-33(4)74-54)34(5)48(35(6)53(68)76-43)78-45-29-56(10,71-15)51(37(8)75-45)77-44(62)20-22-72-24-25-73-23-21-58-38-18-19-41-39(27-38)46(63)40(52(66)67)31-61(41)17-2/h18-19,27,31-37,42-43,45,47-51,54,58,64-65,69-70H,16-17,20-26,28-30H2,1-15H3,(H,66,67)/t32-,33-,34+,35-,36-,37+,42+,43-,45+,47-,48+,49-,50-,51+,54+,55-,56-,57-/m1/s1. The number of benzene rings is 1. The van der Waals surface area contributed by atoms with Crippen molar-refractivity contribution in [1.82, 2.24) is 14.4 Å². The van der Waals surface area contributed by atoms with Crippen molar-refractivity contribution in [3.8, 4) is 0 Å². The number of methoxy groups -OCH3 is 1. The number of hydrogen-bond acceptors (Lipinski definition) is 20. The minimum Gasteiger partial charge on any atom is -0.477 e. The Labute approximate surface area is 466 Å². The van der Waals surface area contributed by atoms with Crippen molar-refractivity contribution >= 4 is 34.5 Å². The van der Waals surface area contributed by atoms with E-state index >= 15 is 0 Å². The highest BCUT2D eigenvalue weighted by atomic mass is 16.7. The van der Waals surface area contributed by atoms with Crippen LogP contribution in [0.5, 0.6) is 0 Å². The van der Waals surface area contributed by atoms with E-state index in [0.717, 1.165) is 0 Å². The number of cyclic esters (lactones) is 1. The number of carbonyl (C=O) groups excluding carboxylic acids is 2. The number of likely N-dealkylation sites (N-methyl/N-ethyl adjacent to an activating group) is 2. The van der Waals surface area contributed by atoms with Crippen LogP contribution in [0.2, 0.25) is 0 Å². The SMILES string of the molecule is CC[C@H]1OC(=O)[C@H](C)[C@@H](O[C@H]2C[C@@](C)(OC)[C@@H](OC(=O)CCOCCOCCNc3ccc4c(c3)c(=O)c(C(=O)O)cn4CC)[C@H](C)O2)[C@H](C)[C@@H](O[C@@H]2O[C@H](C)C[C@H](N(C)C)[C@H]2O)[C@](C)(O)C[C@@H](C)CN(C)[C@H](C)[C@@H](O)[C@]1(C)O. The molecule has 5 rings (SSSR count). The van der Waals surface area contributed by atoms with Crippen LogP contribution in [0.15, 0.2) is 29.2 Å². The number of aliphatic hydroxyl groups excluding tert-OH is 2. The zero-order valence-electron chi connectivity index (χ0n) is 49.3. The van der Waals surface area contributed by atoms with E-state index in [2.05, 4.69) is 5.32 Å². The summed E-state index contributed by atoms with van der Waals surface area (Å²) in [7, 11) is 7.05. The van der Waals surface area contributed by atoms with Gasteiger partial charge in [0.2, 0.25) is 5.43 Å². The Bertz CT molecular complexity index is 2370. The lowest BCUT2D eigenvalue weighted by Gasteiger charge is -2.49. The summed E-state index contributed by atoms with van der Waals surface area (Å²) in [5.74, 6) is -4.73. The predicted molar refractivity (Wildman–Crippen MR) is 294 cm³/mol. The minimum atomic E-state index is -1.87. The van der Waals surface area contributed by atoms with Crippen LogP contribution in [0.25, 0.3) is 10.9 Å². The normalized spacial score (nSPS) is 36.6. The van der Waals surface area contributed by atoms with Gasteiger partial charge in [0.05, 0.1) is 74.3 Å². The van der Waals surface area contributed by atoms with Gasteiger partial charge in [-0.25, -0.2) is 4.79 Å². The van der Waals surface area contributed by atoms with Gasteiger partial charge < -0.3 is 87.8 Å². The van der Waals surface area contributed by atoms with E-state index in [1.165, 1.54) is 20.2 Å². The predicted octanol–water partition coefficient (Wildman–Crippen LogP) is 4.02. The van der Waals surface area contributed by atoms with E-state index in [-0.39, 0.29) is 69.1 Å². The summed E-state index contributed by atoms with van der Waals surface area (Å²) in [4.78, 5) is 56.3. The molecular weight excluding hydrogens is 1030 g/mol. The van der Waals surface area contributed by atoms with Crippen LogP contribution in [0.1, 0.15) is 119 Å². The minimum absolute atomic E-state index is 0.0265. The molecule has 2 aromatic rings. The summed E-state index contributed by atoms with van der Waals surface area (Å²) >= 11 is 0. The van der Waals surface area contributed by atoms with Crippen LogP contribution < -0.4 is 10.7 Å². The molecule has 0 saturated carbocycles. The molecule has 1 aromatic heterocycles. The average molecular weight is 1120 g/mol. The molecule has 3 fully saturated rings. The second-order valence-corrected chi connectivity index (χ2v) is 23.2. The molecule has 22 heteroatoms. The van der Waals surface area contributed by atoms with Crippen LogP contribution in [0.4, 0.5) is 5.69 Å². The second-order valence-electron chi connectivity index (χ2n) is 23.2. The summed E-state index contributed by atoms with van der Waals surface area (Å²) in [6.07, 6.45) is -7.91. The highest BCUT2D eigenvalue weighted by molar-refractivity contribution is 5.93. The van der Waals surface area contributed by atoms with E-state index in [0.29, 0.717) is 49.3 Å². The van der Waals surface area contributed by atoms with Gasteiger partial charge in [-0.05, 0) is 120 Å². The Kier molecular flexibility index (Phi) is 23.7. The molecule has 0 unspecified atom stereocenters. The van der Waals surface area contributed by atoms with E-state index in [1.54, 1.807) is 65.2 Å². The highest BCUT2D eigenvalue weighted by Gasteiger charge is 2.54. The van der Waals surface area contributed by atoms with E-state index < -0.39 is 113 Å². The molecule has 0 amide bonds. The number of anilines is 1. The molecule has 0 aliphatic carbocycles. The Hall–Kier alpha value is -3.88. The Morgan fingerprint density at radius 2 is 1.58 bits per heavy atom. The summed E-state index contributed by atoms with van der Waals surface area (Å²) in [5.41, 5.74) is -4.25. The van der Waals surface area contributed by atoms with Gasteiger partial charge in [-0.15, -0.1) is 0 Å². The molecule has 18 atom stereocenters. The van der Waals surface area contributed by atoms with E-state index in [1.807, 2.05) is 57.8 Å². The number of rotatable bonds is 20. The fraction of sp³-hybridized carbons (Fsp3) is 0.789. The third kappa shape index (κ3) is 16.2. The summed E-state index contributed by atoms with van der Waals surface area (Å²) < 4.78 is 57.8. The van der Waals surface area contributed by atoms with Gasteiger partial charge in [0.25, 0.3) is 0 Å². The molecule has 0 radical (unpaired) electrons. The number of aliphatic hydroxyl groups is 4. The largest absolute Gasteiger partial charge is 0.477 e. The van der Waals surface area contributed by atoms with Crippen molar-refractivity contribution in [2.45, 2.75) is 205 Å². The van der Waals surface area contributed by atoms with Gasteiger partial charge >= 0.3 is 17.9 Å². The summed E-state index contributed by atoms with van der Waals surface area (Å²) in [6, 6.07) is 4.30. The molecule has 3 aliphatic rings. The Balaban J connectivity index is 1.26. The molecule has 22 nitrogen and oxygen atoms in total.